The van der Waals surface area contributed by atoms with Crippen molar-refractivity contribution in [3.63, 3.8) is 0 Å². The van der Waals surface area contributed by atoms with Gasteiger partial charge in [-0.05, 0) is 57.7 Å². The molecule has 1 fully saturated rings. The maximum Gasteiger partial charge on any atom is 0.0843 e. The highest BCUT2D eigenvalue weighted by Crippen LogP contribution is 2.32. The van der Waals surface area contributed by atoms with E-state index in [0.717, 1.165) is 34.4 Å². The van der Waals surface area contributed by atoms with Crippen molar-refractivity contribution in [2.75, 3.05) is 13.2 Å². The van der Waals surface area contributed by atoms with Crippen LogP contribution < -0.4 is 5.32 Å². The molecule has 0 aromatic carbocycles. The van der Waals surface area contributed by atoms with Crippen LogP contribution in [0, 0.1) is 0 Å². The maximum absolute atomic E-state index is 5.73. The number of hydrogen-bond acceptors (Lipinski definition) is 3. The fourth-order valence-corrected chi connectivity index (χ4v) is 4.05. The van der Waals surface area contributed by atoms with Crippen molar-refractivity contribution in [3.05, 3.63) is 19.2 Å². The second-order valence-electron chi connectivity index (χ2n) is 4.34. The molecule has 1 saturated heterocycles. The van der Waals surface area contributed by atoms with Gasteiger partial charge in [-0.1, -0.05) is 0 Å². The first-order valence-corrected chi connectivity index (χ1v) is 7.78. The summed E-state index contributed by atoms with van der Waals surface area (Å²) in [4.78, 5) is 1.33. The van der Waals surface area contributed by atoms with E-state index in [1.165, 1.54) is 11.3 Å². The molecule has 1 aliphatic heterocycles. The van der Waals surface area contributed by atoms with Crippen molar-refractivity contribution in [2.45, 2.75) is 31.9 Å². The Morgan fingerprint density at radius 2 is 2.38 bits per heavy atom. The maximum atomic E-state index is 5.73. The highest BCUT2D eigenvalue weighted by molar-refractivity contribution is 9.13. The molecule has 0 spiro atoms. The number of rotatable bonds is 4. The second-order valence-corrected chi connectivity index (χ2v) is 7.65. The van der Waals surface area contributed by atoms with Gasteiger partial charge in [-0.15, -0.1) is 11.3 Å². The lowest BCUT2D eigenvalue weighted by atomic mass is 10.0. The Bertz CT molecular complexity index is 341. The van der Waals surface area contributed by atoms with Crippen molar-refractivity contribution in [1.29, 1.82) is 0 Å². The Morgan fingerprint density at radius 1 is 1.56 bits per heavy atom. The first-order chi connectivity index (χ1) is 7.59. The van der Waals surface area contributed by atoms with Gasteiger partial charge in [0.2, 0.25) is 0 Å². The first-order valence-electron chi connectivity index (χ1n) is 5.37. The van der Waals surface area contributed by atoms with Crippen LogP contribution in [0.1, 0.15) is 24.6 Å². The molecule has 5 heteroatoms. The monoisotopic (exact) mass is 367 g/mol. The Balaban J connectivity index is 1.79. The van der Waals surface area contributed by atoms with Crippen LogP contribution in [0.3, 0.4) is 0 Å². The molecule has 1 aliphatic rings. The Hall–Kier alpha value is 0.580. The van der Waals surface area contributed by atoms with Crippen molar-refractivity contribution < 1.29 is 4.74 Å². The molecule has 1 unspecified atom stereocenters. The van der Waals surface area contributed by atoms with Crippen molar-refractivity contribution in [2.24, 2.45) is 0 Å². The van der Waals surface area contributed by atoms with E-state index in [0.29, 0.717) is 0 Å². The van der Waals surface area contributed by atoms with Crippen molar-refractivity contribution in [3.8, 4) is 0 Å². The fourth-order valence-electron chi connectivity index (χ4n) is 1.90. The van der Waals surface area contributed by atoms with E-state index in [2.05, 4.69) is 50.2 Å². The average Bonchev–Trinajstić information content (AvgIpc) is 2.76. The van der Waals surface area contributed by atoms with Gasteiger partial charge in [0.05, 0.1) is 9.39 Å². The average molecular weight is 369 g/mol. The Labute approximate surface area is 117 Å². The third-order valence-corrected chi connectivity index (χ3v) is 6.05. The topological polar surface area (TPSA) is 21.3 Å². The lowest BCUT2D eigenvalue weighted by Gasteiger charge is -2.23. The minimum Gasteiger partial charge on any atom is -0.374 e. The van der Waals surface area contributed by atoms with E-state index >= 15 is 0 Å². The molecule has 90 valence electrons. The Morgan fingerprint density at radius 3 is 2.94 bits per heavy atom. The third kappa shape index (κ3) is 3.29. The molecule has 0 radical (unpaired) electrons. The van der Waals surface area contributed by atoms with Crippen LogP contribution in [0.2, 0.25) is 0 Å². The zero-order chi connectivity index (χ0) is 11.6. The van der Waals surface area contributed by atoms with E-state index in [4.69, 9.17) is 4.74 Å². The van der Waals surface area contributed by atoms with E-state index in [9.17, 15) is 0 Å². The van der Waals surface area contributed by atoms with Crippen LogP contribution >= 0.6 is 43.2 Å². The van der Waals surface area contributed by atoms with Crippen LogP contribution in [0.5, 0.6) is 0 Å². The smallest absolute Gasteiger partial charge is 0.0843 e. The molecule has 0 aliphatic carbocycles. The molecule has 1 aromatic heterocycles. The lowest BCUT2D eigenvalue weighted by Crippen LogP contribution is -2.36. The van der Waals surface area contributed by atoms with Crippen LogP contribution in [0.4, 0.5) is 0 Å². The minimum atomic E-state index is 0.0473. The summed E-state index contributed by atoms with van der Waals surface area (Å²) < 4.78 is 8.03. The van der Waals surface area contributed by atoms with Gasteiger partial charge >= 0.3 is 0 Å². The molecule has 0 amide bonds. The van der Waals surface area contributed by atoms with Crippen molar-refractivity contribution >= 4 is 43.2 Å². The highest BCUT2D eigenvalue weighted by Gasteiger charge is 2.28. The molecule has 1 atom stereocenters. The largest absolute Gasteiger partial charge is 0.374 e. The molecule has 0 bridgehead atoms. The Kier molecular flexibility index (Phi) is 4.46. The van der Waals surface area contributed by atoms with Crippen LogP contribution in [-0.2, 0) is 11.3 Å². The number of thiophene rings is 1. The van der Waals surface area contributed by atoms with Crippen molar-refractivity contribution in [1.82, 2.24) is 5.32 Å². The summed E-state index contributed by atoms with van der Waals surface area (Å²) in [5.41, 5.74) is 0.0473. The summed E-state index contributed by atoms with van der Waals surface area (Å²) in [7, 11) is 0. The van der Waals surface area contributed by atoms with Gasteiger partial charge in [0.25, 0.3) is 0 Å². The quantitative estimate of drug-likeness (QED) is 0.869. The predicted molar refractivity (Wildman–Crippen MR) is 75.0 cm³/mol. The molecular formula is C11H15Br2NOS. The summed E-state index contributed by atoms with van der Waals surface area (Å²) >= 11 is 8.76. The molecular weight excluding hydrogens is 354 g/mol. The SMILES string of the molecule is CC1(CNCc2cc(Br)c(Br)s2)CCCO1. The van der Waals surface area contributed by atoms with Gasteiger partial charge in [0, 0.05) is 29.0 Å². The number of ether oxygens (including phenoxy) is 1. The zero-order valence-electron chi connectivity index (χ0n) is 9.19. The van der Waals surface area contributed by atoms with Gasteiger partial charge in [0.1, 0.15) is 0 Å². The number of hydrogen-bond donors (Lipinski definition) is 1. The molecule has 1 N–H and O–H groups in total. The minimum absolute atomic E-state index is 0.0473. The molecule has 2 rings (SSSR count). The van der Waals surface area contributed by atoms with Crippen LogP contribution in [0.15, 0.2) is 14.3 Å². The summed E-state index contributed by atoms with van der Waals surface area (Å²) in [5, 5.41) is 3.47. The molecule has 1 aromatic rings. The van der Waals surface area contributed by atoms with Gasteiger partial charge in [0.15, 0.2) is 0 Å². The van der Waals surface area contributed by atoms with E-state index in [1.807, 2.05) is 0 Å². The summed E-state index contributed by atoms with van der Waals surface area (Å²) in [5.74, 6) is 0. The third-order valence-electron chi connectivity index (χ3n) is 2.79. The summed E-state index contributed by atoms with van der Waals surface area (Å²) in [6, 6.07) is 2.15. The first kappa shape index (κ1) is 13.0. The normalized spacial score (nSPS) is 25.2. The van der Waals surface area contributed by atoms with E-state index in [1.54, 1.807) is 11.3 Å². The standard InChI is InChI=1S/C11H15Br2NOS/c1-11(3-2-4-15-11)7-14-6-8-5-9(12)10(13)16-8/h5,14H,2-4,6-7H2,1H3. The molecule has 0 saturated carbocycles. The van der Waals surface area contributed by atoms with Gasteiger partial charge < -0.3 is 10.1 Å². The van der Waals surface area contributed by atoms with E-state index < -0.39 is 0 Å². The van der Waals surface area contributed by atoms with Crippen LogP contribution in [-0.4, -0.2) is 18.8 Å². The lowest BCUT2D eigenvalue weighted by molar-refractivity contribution is 0.0207. The molecule has 16 heavy (non-hydrogen) atoms. The number of halogens is 2. The highest BCUT2D eigenvalue weighted by atomic mass is 79.9. The van der Waals surface area contributed by atoms with Gasteiger partial charge in [-0.3, -0.25) is 0 Å². The predicted octanol–water partition coefficient (Wildman–Crippen LogP) is 3.93. The molecule has 2 nitrogen and oxygen atoms in total. The molecule has 2 heterocycles. The second kappa shape index (κ2) is 5.48. The zero-order valence-corrected chi connectivity index (χ0v) is 13.2. The fraction of sp³-hybridized carbons (Fsp3) is 0.636. The summed E-state index contributed by atoms with van der Waals surface area (Å²) in [6.45, 7) is 4.94. The number of nitrogens with one attached hydrogen (secondary N) is 1. The van der Waals surface area contributed by atoms with Gasteiger partial charge in [-0.25, -0.2) is 0 Å². The van der Waals surface area contributed by atoms with Gasteiger partial charge in [-0.2, -0.15) is 0 Å². The van der Waals surface area contributed by atoms with Crippen LogP contribution in [0.25, 0.3) is 0 Å². The van der Waals surface area contributed by atoms with E-state index in [-0.39, 0.29) is 5.60 Å². The summed E-state index contributed by atoms with van der Waals surface area (Å²) in [6.07, 6.45) is 2.35.